The minimum absolute atomic E-state index is 0.0309. The molecule has 0 bridgehead atoms. The van der Waals surface area contributed by atoms with Crippen molar-refractivity contribution in [2.24, 2.45) is 0 Å². The van der Waals surface area contributed by atoms with E-state index >= 15 is 0 Å². The number of nitrogens with zero attached hydrogens (tertiary/aromatic N) is 4. The molecule has 0 spiro atoms. The summed E-state index contributed by atoms with van der Waals surface area (Å²) in [4.78, 5) is 23.2. The molecule has 7 nitrogen and oxygen atoms in total. The second-order valence-electron chi connectivity index (χ2n) is 7.30. The summed E-state index contributed by atoms with van der Waals surface area (Å²) in [5, 5.41) is 0. The molecule has 0 unspecified atom stereocenters. The van der Waals surface area contributed by atoms with Crippen molar-refractivity contribution in [3.63, 3.8) is 0 Å². The van der Waals surface area contributed by atoms with Crippen LogP contribution in [0.3, 0.4) is 0 Å². The van der Waals surface area contributed by atoms with Gasteiger partial charge < -0.3 is 4.90 Å². The largest absolute Gasteiger partial charge is 0.340 e. The number of hydrogen-bond donors (Lipinski definition) is 0. The minimum Gasteiger partial charge on any atom is -0.340 e. The van der Waals surface area contributed by atoms with E-state index in [4.69, 9.17) is 0 Å². The Balaban J connectivity index is 1.48. The Kier molecular flexibility index (Phi) is 6.26. The molecule has 0 aliphatic carbocycles. The molecule has 1 aromatic rings. The van der Waals surface area contributed by atoms with Gasteiger partial charge in [0, 0.05) is 45.0 Å². The normalized spacial score (nSPS) is 23.9. The third-order valence-electron chi connectivity index (χ3n) is 5.27. The average molecular weight is 381 g/mol. The van der Waals surface area contributed by atoms with Crippen LogP contribution >= 0.6 is 0 Å². The van der Waals surface area contributed by atoms with Gasteiger partial charge in [0.1, 0.15) is 0 Å². The number of pyridine rings is 1. The fourth-order valence-electron chi connectivity index (χ4n) is 3.66. The first-order chi connectivity index (χ1) is 12.4. The van der Waals surface area contributed by atoms with Crippen LogP contribution in [0.15, 0.2) is 24.4 Å². The number of carbonyl (C=O) groups is 1. The number of amides is 1. The molecule has 2 aliphatic rings. The molecule has 3 heterocycles. The third kappa shape index (κ3) is 5.25. The molecule has 1 amide bonds. The van der Waals surface area contributed by atoms with Gasteiger partial charge in [-0.3, -0.25) is 19.6 Å². The molecule has 1 atom stereocenters. The first kappa shape index (κ1) is 19.3. The summed E-state index contributed by atoms with van der Waals surface area (Å²) < 4.78 is 23.3. The van der Waals surface area contributed by atoms with E-state index in [0.29, 0.717) is 19.5 Å². The highest BCUT2D eigenvalue weighted by molar-refractivity contribution is 7.91. The van der Waals surface area contributed by atoms with Crippen LogP contribution in [0.5, 0.6) is 0 Å². The van der Waals surface area contributed by atoms with Crippen molar-refractivity contribution in [1.82, 2.24) is 19.7 Å². The van der Waals surface area contributed by atoms with E-state index in [-0.39, 0.29) is 23.5 Å². The maximum absolute atomic E-state index is 12.6. The number of rotatable bonds is 5. The van der Waals surface area contributed by atoms with Crippen molar-refractivity contribution in [2.75, 3.05) is 51.3 Å². The van der Waals surface area contributed by atoms with Gasteiger partial charge in [-0.05, 0) is 32.0 Å². The number of hydrogen-bond acceptors (Lipinski definition) is 6. The predicted molar refractivity (Wildman–Crippen MR) is 100 cm³/mol. The van der Waals surface area contributed by atoms with Crippen LogP contribution in [0.4, 0.5) is 0 Å². The molecule has 26 heavy (non-hydrogen) atoms. The van der Waals surface area contributed by atoms with Crippen molar-refractivity contribution >= 4 is 15.7 Å². The lowest BCUT2D eigenvalue weighted by atomic mass is 10.2. The fraction of sp³-hybridized carbons (Fsp3) is 0.667. The molecule has 2 fully saturated rings. The Bertz CT molecular complexity index is 710. The molecule has 1 aromatic heterocycles. The zero-order chi connectivity index (χ0) is 18.6. The third-order valence-corrected chi connectivity index (χ3v) is 7.02. The molecule has 3 rings (SSSR count). The summed E-state index contributed by atoms with van der Waals surface area (Å²) in [7, 11) is -1.07. The standard InChI is InChI=1S/C18H28N4O3S/c1-20(17-6-12-26(24,25)15-17)14-18(23)22-9-4-8-21(10-11-22)13-16-5-2-3-7-19-16/h2-3,5,7,17H,4,6,8-15H2,1H3/t17-/m1/s1. The summed E-state index contributed by atoms with van der Waals surface area (Å²) in [5.41, 5.74) is 1.05. The predicted octanol–water partition coefficient (Wildman–Crippen LogP) is 0.235. The van der Waals surface area contributed by atoms with Gasteiger partial charge in [0.25, 0.3) is 0 Å². The maximum Gasteiger partial charge on any atom is 0.236 e. The maximum atomic E-state index is 12.6. The molecule has 144 valence electrons. The van der Waals surface area contributed by atoms with Gasteiger partial charge in [0.15, 0.2) is 9.84 Å². The Morgan fingerprint density at radius 1 is 1.27 bits per heavy atom. The highest BCUT2D eigenvalue weighted by Crippen LogP contribution is 2.16. The lowest BCUT2D eigenvalue weighted by Crippen LogP contribution is -2.44. The van der Waals surface area contributed by atoms with E-state index in [1.165, 1.54) is 0 Å². The smallest absolute Gasteiger partial charge is 0.236 e. The molecule has 0 radical (unpaired) electrons. The van der Waals surface area contributed by atoms with Gasteiger partial charge in [-0.1, -0.05) is 6.07 Å². The monoisotopic (exact) mass is 380 g/mol. The van der Waals surface area contributed by atoms with Crippen molar-refractivity contribution in [2.45, 2.75) is 25.4 Å². The number of likely N-dealkylation sites (N-methyl/N-ethyl adjacent to an activating group) is 1. The van der Waals surface area contributed by atoms with E-state index in [9.17, 15) is 13.2 Å². The summed E-state index contributed by atoms with van der Waals surface area (Å²) in [6.45, 7) is 4.36. The molecule has 0 N–H and O–H groups in total. The van der Waals surface area contributed by atoms with Gasteiger partial charge in [0.05, 0.1) is 23.7 Å². The summed E-state index contributed by atoms with van der Waals surface area (Å²) in [5.74, 6) is 0.508. The highest BCUT2D eigenvalue weighted by atomic mass is 32.2. The second-order valence-corrected chi connectivity index (χ2v) is 9.53. The van der Waals surface area contributed by atoms with Gasteiger partial charge in [-0.25, -0.2) is 8.42 Å². The van der Waals surface area contributed by atoms with Crippen LogP contribution < -0.4 is 0 Å². The van der Waals surface area contributed by atoms with Crippen molar-refractivity contribution in [3.05, 3.63) is 30.1 Å². The number of carbonyl (C=O) groups excluding carboxylic acids is 1. The Morgan fingerprint density at radius 2 is 2.12 bits per heavy atom. The lowest BCUT2D eigenvalue weighted by Gasteiger charge is -2.27. The summed E-state index contributed by atoms with van der Waals surface area (Å²) in [6.07, 6.45) is 3.38. The molecule has 0 saturated carbocycles. The van der Waals surface area contributed by atoms with Crippen LogP contribution in [0.2, 0.25) is 0 Å². The number of aromatic nitrogens is 1. The van der Waals surface area contributed by atoms with Crippen LogP contribution in [-0.2, 0) is 21.2 Å². The fourth-order valence-corrected chi connectivity index (χ4v) is 5.47. The lowest BCUT2D eigenvalue weighted by molar-refractivity contribution is -0.132. The van der Waals surface area contributed by atoms with Gasteiger partial charge in [0.2, 0.25) is 5.91 Å². The zero-order valence-electron chi connectivity index (χ0n) is 15.4. The quantitative estimate of drug-likeness (QED) is 0.728. The molecule has 2 saturated heterocycles. The van der Waals surface area contributed by atoms with Crippen LogP contribution in [0, 0.1) is 0 Å². The van der Waals surface area contributed by atoms with E-state index in [0.717, 1.165) is 38.3 Å². The topological polar surface area (TPSA) is 73.8 Å². The van der Waals surface area contributed by atoms with E-state index in [1.807, 2.05) is 41.2 Å². The van der Waals surface area contributed by atoms with Crippen LogP contribution in [0.1, 0.15) is 18.5 Å². The van der Waals surface area contributed by atoms with Gasteiger partial charge >= 0.3 is 0 Å². The van der Waals surface area contributed by atoms with Crippen molar-refractivity contribution in [1.29, 1.82) is 0 Å². The van der Waals surface area contributed by atoms with E-state index in [1.54, 1.807) is 0 Å². The zero-order valence-corrected chi connectivity index (χ0v) is 16.2. The average Bonchev–Trinajstić information content (AvgIpc) is 2.83. The van der Waals surface area contributed by atoms with E-state index in [2.05, 4.69) is 9.88 Å². The molecule has 0 aromatic carbocycles. The van der Waals surface area contributed by atoms with Gasteiger partial charge in [-0.2, -0.15) is 0 Å². The summed E-state index contributed by atoms with van der Waals surface area (Å²) >= 11 is 0. The molecule has 8 heteroatoms. The van der Waals surface area contributed by atoms with Crippen LogP contribution in [0.25, 0.3) is 0 Å². The van der Waals surface area contributed by atoms with Crippen molar-refractivity contribution in [3.8, 4) is 0 Å². The van der Waals surface area contributed by atoms with Crippen molar-refractivity contribution < 1.29 is 13.2 Å². The summed E-state index contributed by atoms with van der Waals surface area (Å²) in [6, 6.07) is 5.91. The number of sulfone groups is 1. The second kappa shape index (κ2) is 8.45. The molecular formula is C18H28N4O3S. The Labute approximate surface area is 155 Å². The molecule has 2 aliphatic heterocycles. The van der Waals surface area contributed by atoms with Crippen LogP contribution in [-0.4, -0.2) is 91.3 Å². The molecular weight excluding hydrogens is 352 g/mol. The SMILES string of the molecule is CN(CC(=O)N1CCCN(Cc2ccccn2)CC1)[C@@H]1CCS(=O)(=O)C1. The first-order valence-electron chi connectivity index (χ1n) is 9.24. The highest BCUT2D eigenvalue weighted by Gasteiger charge is 2.32. The van der Waals surface area contributed by atoms with E-state index < -0.39 is 9.84 Å². The Hall–Kier alpha value is -1.51. The van der Waals surface area contributed by atoms with Gasteiger partial charge in [-0.15, -0.1) is 0 Å². The Morgan fingerprint density at radius 3 is 2.81 bits per heavy atom. The first-order valence-corrected chi connectivity index (χ1v) is 11.1. The minimum atomic E-state index is -2.92.